The van der Waals surface area contributed by atoms with Crippen molar-refractivity contribution in [3.8, 4) is 0 Å². The molecule has 0 atom stereocenters. The number of unbranched alkanes of at least 4 members (excludes halogenated alkanes) is 1. The van der Waals surface area contributed by atoms with Gasteiger partial charge in [0.05, 0.1) is 6.61 Å². The number of nitrogens with zero attached hydrogens (tertiary/aromatic N) is 2. The molecule has 1 amide bonds. The molecule has 0 unspecified atom stereocenters. The number of nitrogens with one attached hydrogen (secondary N) is 2. The number of amides is 1. The maximum atomic E-state index is 11.1. The summed E-state index contributed by atoms with van der Waals surface area (Å²) in [5.74, 6) is 0.791. The first kappa shape index (κ1) is 19.7. The van der Waals surface area contributed by atoms with Gasteiger partial charge in [-0.1, -0.05) is 0 Å². The zero-order valence-electron chi connectivity index (χ0n) is 14.6. The van der Waals surface area contributed by atoms with Crippen molar-refractivity contribution >= 4 is 11.9 Å². The number of methoxy groups -OCH3 is 1. The van der Waals surface area contributed by atoms with Gasteiger partial charge in [-0.3, -0.25) is 9.79 Å². The molecule has 1 fully saturated rings. The second-order valence-electron chi connectivity index (χ2n) is 5.91. The predicted molar refractivity (Wildman–Crippen MR) is 93.4 cm³/mol. The molecule has 1 heterocycles. The Morgan fingerprint density at radius 1 is 1.30 bits per heavy atom. The van der Waals surface area contributed by atoms with Gasteiger partial charge in [0.15, 0.2) is 5.96 Å². The highest BCUT2D eigenvalue weighted by Crippen LogP contribution is 2.16. The van der Waals surface area contributed by atoms with Gasteiger partial charge in [-0.2, -0.15) is 0 Å². The number of ether oxygens (including phenoxy) is 1. The van der Waals surface area contributed by atoms with E-state index in [2.05, 4.69) is 27.4 Å². The molecule has 0 saturated carbocycles. The van der Waals surface area contributed by atoms with Crippen molar-refractivity contribution in [3.05, 3.63) is 0 Å². The lowest BCUT2D eigenvalue weighted by Gasteiger charge is -2.30. The maximum Gasteiger partial charge on any atom is 0.220 e. The Morgan fingerprint density at radius 2 is 2.04 bits per heavy atom. The smallest absolute Gasteiger partial charge is 0.220 e. The molecular weight excluding hydrogens is 294 g/mol. The molecule has 0 aromatic carbocycles. The first-order valence-corrected chi connectivity index (χ1v) is 8.70. The molecule has 0 radical (unpaired) electrons. The van der Waals surface area contributed by atoms with Crippen LogP contribution in [0, 0.1) is 5.92 Å². The Labute approximate surface area is 140 Å². The first-order valence-electron chi connectivity index (χ1n) is 8.70. The molecule has 0 aromatic heterocycles. The number of likely N-dealkylation sites (tertiary alicyclic amines) is 1. The van der Waals surface area contributed by atoms with Crippen molar-refractivity contribution in [1.29, 1.82) is 0 Å². The van der Waals surface area contributed by atoms with Crippen molar-refractivity contribution in [2.24, 2.45) is 16.6 Å². The summed E-state index contributed by atoms with van der Waals surface area (Å²) < 4.78 is 5.02. The number of hydrogen-bond acceptors (Lipinski definition) is 4. The molecule has 1 aliphatic heterocycles. The lowest BCUT2D eigenvalue weighted by molar-refractivity contribution is -0.123. The molecular formula is C16H33N5O2. The number of primary amides is 1. The van der Waals surface area contributed by atoms with Gasteiger partial charge >= 0.3 is 0 Å². The van der Waals surface area contributed by atoms with E-state index in [1.165, 1.54) is 0 Å². The van der Waals surface area contributed by atoms with E-state index in [1.54, 1.807) is 7.11 Å². The fraction of sp³-hybridized carbons (Fsp3) is 0.875. The van der Waals surface area contributed by atoms with Crippen LogP contribution >= 0.6 is 0 Å². The minimum atomic E-state index is -0.143. The zero-order chi connectivity index (χ0) is 16.9. The lowest BCUT2D eigenvalue weighted by atomic mass is 9.96. The van der Waals surface area contributed by atoms with Crippen molar-refractivity contribution in [1.82, 2.24) is 15.5 Å². The summed E-state index contributed by atoms with van der Waals surface area (Å²) in [7, 11) is 1.69. The second kappa shape index (κ2) is 12.1. The van der Waals surface area contributed by atoms with Crippen LogP contribution in [0.15, 0.2) is 4.99 Å². The van der Waals surface area contributed by atoms with Crippen LogP contribution in [0.25, 0.3) is 0 Å². The van der Waals surface area contributed by atoms with E-state index in [1.807, 2.05) is 0 Å². The van der Waals surface area contributed by atoms with E-state index in [0.717, 1.165) is 70.9 Å². The largest absolute Gasteiger partial charge is 0.383 e. The van der Waals surface area contributed by atoms with E-state index in [-0.39, 0.29) is 11.8 Å². The maximum absolute atomic E-state index is 11.1. The summed E-state index contributed by atoms with van der Waals surface area (Å²) in [6.45, 7) is 8.21. The highest BCUT2D eigenvalue weighted by Gasteiger charge is 2.22. The summed E-state index contributed by atoms with van der Waals surface area (Å²) in [4.78, 5) is 18.1. The van der Waals surface area contributed by atoms with Crippen LogP contribution < -0.4 is 16.4 Å². The van der Waals surface area contributed by atoms with Crippen LogP contribution in [0.3, 0.4) is 0 Å². The van der Waals surface area contributed by atoms with Crippen LogP contribution in [0.5, 0.6) is 0 Å². The molecule has 1 saturated heterocycles. The van der Waals surface area contributed by atoms with Crippen LogP contribution in [-0.2, 0) is 9.53 Å². The summed E-state index contributed by atoms with van der Waals surface area (Å²) in [6, 6.07) is 0. The standard InChI is InChI=1S/C16H33N5O2/c1-3-18-16(20-9-13-23-2)19-8-4-5-10-21-11-6-14(7-12-21)15(17)22/h14H,3-13H2,1-2H3,(H2,17,22)(H2,18,19,20). The van der Waals surface area contributed by atoms with Crippen LogP contribution in [0.2, 0.25) is 0 Å². The monoisotopic (exact) mass is 327 g/mol. The summed E-state index contributed by atoms with van der Waals surface area (Å²) in [5.41, 5.74) is 5.36. The molecule has 0 bridgehead atoms. The van der Waals surface area contributed by atoms with Crippen LogP contribution in [0.4, 0.5) is 0 Å². The number of guanidine groups is 1. The van der Waals surface area contributed by atoms with E-state index >= 15 is 0 Å². The summed E-state index contributed by atoms with van der Waals surface area (Å²) in [5, 5.41) is 6.46. The minimum Gasteiger partial charge on any atom is -0.383 e. The van der Waals surface area contributed by atoms with Gasteiger partial charge in [-0.25, -0.2) is 0 Å². The molecule has 4 N–H and O–H groups in total. The van der Waals surface area contributed by atoms with Gasteiger partial charge in [-0.05, 0) is 52.2 Å². The molecule has 134 valence electrons. The summed E-state index contributed by atoms with van der Waals surface area (Å²) >= 11 is 0. The lowest BCUT2D eigenvalue weighted by Crippen LogP contribution is -2.39. The Morgan fingerprint density at radius 3 is 2.65 bits per heavy atom. The van der Waals surface area contributed by atoms with Crippen molar-refractivity contribution in [2.75, 3.05) is 53.0 Å². The van der Waals surface area contributed by atoms with Gasteiger partial charge in [0.2, 0.25) is 5.91 Å². The normalized spacial score (nSPS) is 17.2. The average molecular weight is 327 g/mol. The number of carbonyl (C=O) groups is 1. The molecule has 1 aliphatic rings. The molecule has 23 heavy (non-hydrogen) atoms. The van der Waals surface area contributed by atoms with Gasteiger partial charge in [0.1, 0.15) is 0 Å². The number of hydrogen-bond donors (Lipinski definition) is 3. The Bertz CT molecular complexity index is 354. The molecule has 0 aromatic rings. The van der Waals surface area contributed by atoms with E-state index in [4.69, 9.17) is 10.5 Å². The van der Waals surface area contributed by atoms with Crippen molar-refractivity contribution in [2.45, 2.75) is 32.6 Å². The van der Waals surface area contributed by atoms with Crippen LogP contribution in [-0.4, -0.2) is 69.8 Å². The number of rotatable bonds is 10. The third-order valence-electron chi connectivity index (χ3n) is 4.09. The fourth-order valence-corrected chi connectivity index (χ4v) is 2.69. The predicted octanol–water partition coefficient (Wildman–Crippen LogP) is 0.165. The van der Waals surface area contributed by atoms with E-state index in [9.17, 15) is 4.79 Å². The Balaban J connectivity index is 2.13. The van der Waals surface area contributed by atoms with Crippen LogP contribution in [0.1, 0.15) is 32.6 Å². The second-order valence-corrected chi connectivity index (χ2v) is 5.91. The van der Waals surface area contributed by atoms with Crippen molar-refractivity contribution < 1.29 is 9.53 Å². The zero-order valence-corrected chi connectivity index (χ0v) is 14.6. The average Bonchev–Trinajstić information content (AvgIpc) is 2.55. The van der Waals surface area contributed by atoms with E-state index < -0.39 is 0 Å². The SMILES string of the molecule is CCNC(=NCCCCN1CCC(C(N)=O)CC1)NCCOC. The van der Waals surface area contributed by atoms with Gasteiger partial charge in [0.25, 0.3) is 0 Å². The molecule has 7 nitrogen and oxygen atoms in total. The quantitative estimate of drug-likeness (QED) is 0.302. The molecule has 7 heteroatoms. The summed E-state index contributed by atoms with van der Waals surface area (Å²) in [6.07, 6.45) is 4.00. The first-order chi connectivity index (χ1) is 11.2. The minimum absolute atomic E-state index is 0.0803. The number of piperidine rings is 1. The molecule has 0 aliphatic carbocycles. The topological polar surface area (TPSA) is 92.0 Å². The number of carbonyl (C=O) groups excluding carboxylic acids is 1. The van der Waals surface area contributed by atoms with Gasteiger partial charge < -0.3 is 26.0 Å². The number of aliphatic imine (C=N–C) groups is 1. The highest BCUT2D eigenvalue weighted by molar-refractivity contribution is 5.79. The highest BCUT2D eigenvalue weighted by atomic mass is 16.5. The Kier molecular flexibility index (Phi) is 10.4. The molecule has 0 spiro atoms. The molecule has 1 rings (SSSR count). The fourth-order valence-electron chi connectivity index (χ4n) is 2.69. The van der Waals surface area contributed by atoms with Gasteiger partial charge in [0, 0.05) is 32.7 Å². The number of nitrogens with two attached hydrogens (primary N) is 1. The van der Waals surface area contributed by atoms with Gasteiger partial charge in [-0.15, -0.1) is 0 Å². The third-order valence-corrected chi connectivity index (χ3v) is 4.09. The van der Waals surface area contributed by atoms with Crippen molar-refractivity contribution in [3.63, 3.8) is 0 Å². The Hall–Kier alpha value is -1.34. The third kappa shape index (κ3) is 8.76. The van der Waals surface area contributed by atoms with E-state index in [0.29, 0.717) is 6.61 Å².